The van der Waals surface area contributed by atoms with Gasteiger partial charge in [-0.1, -0.05) is 12.1 Å². The van der Waals surface area contributed by atoms with Crippen LogP contribution in [0.3, 0.4) is 0 Å². The van der Waals surface area contributed by atoms with Crippen LogP contribution >= 0.6 is 0 Å². The molecule has 5 heteroatoms. The summed E-state index contributed by atoms with van der Waals surface area (Å²) in [5.41, 5.74) is 5.51. The lowest BCUT2D eigenvalue weighted by atomic mass is 10.1. The van der Waals surface area contributed by atoms with Crippen LogP contribution in [-0.2, 0) is 24.1 Å². The van der Waals surface area contributed by atoms with Crippen LogP contribution in [0.2, 0.25) is 0 Å². The van der Waals surface area contributed by atoms with E-state index in [1.165, 1.54) is 24.1 Å². The summed E-state index contributed by atoms with van der Waals surface area (Å²) in [6.45, 7) is 2.18. The minimum Gasteiger partial charge on any atom is -0.481 e. The molecule has 0 unspecified atom stereocenters. The monoisotopic (exact) mass is 337 g/mol. The van der Waals surface area contributed by atoms with Gasteiger partial charge in [0, 0.05) is 36.2 Å². The van der Waals surface area contributed by atoms with Crippen molar-refractivity contribution < 1.29 is 9.90 Å². The fourth-order valence-corrected chi connectivity index (χ4v) is 3.78. The molecule has 2 aromatic rings. The van der Waals surface area contributed by atoms with Gasteiger partial charge >= 0.3 is 5.97 Å². The number of aryl methyl sites for hydroxylation is 1. The number of hydrogen-bond acceptors (Lipinski definition) is 4. The molecule has 130 valence electrons. The first kappa shape index (κ1) is 15.9. The topological polar surface area (TPSA) is 65.5 Å². The van der Waals surface area contributed by atoms with Crippen molar-refractivity contribution in [2.45, 2.75) is 38.5 Å². The quantitative estimate of drug-likeness (QED) is 0.873. The molecule has 1 fully saturated rings. The molecule has 5 nitrogen and oxygen atoms in total. The minimum absolute atomic E-state index is 0.0596. The SMILES string of the molecule is O=C(O)Cc1ccc(Nc2cc(N3CCCC3)nc3c2CCC3)cc1. The Morgan fingerprint density at radius 3 is 2.60 bits per heavy atom. The molecule has 2 N–H and O–H groups in total. The Balaban J connectivity index is 1.59. The van der Waals surface area contributed by atoms with Crippen molar-refractivity contribution in [3.05, 3.63) is 47.2 Å². The number of anilines is 3. The third kappa shape index (κ3) is 3.45. The standard InChI is InChI=1S/C20H23N3O2/c24-20(25)12-14-6-8-15(9-7-14)21-18-13-19(23-10-1-2-11-23)22-17-5-3-4-16(17)18/h6-9,13H,1-5,10-12H2,(H,21,22)(H,24,25). The van der Waals surface area contributed by atoms with Crippen LogP contribution in [0.25, 0.3) is 0 Å². The first-order valence-corrected chi connectivity index (χ1v) is 9.04. The van der Waals surface area contributed by atoms with Gasteiger partial charge in [0.1, 0.15) is 5.82 Å². The fourth-order valence-electron chi connectivity index (χ4n) is 3.78. The van der Waals surface area contributed by atoms with E-state index in [0.29, 0.717) is 0 Å². The highest BCUT2D eigenvalue weighted by Crippen LogP contribution is 2.34. The maximum atomic E-state index is 10.8. The van der Waals surface area contributed by atoms with Gasteiger partial charge < -0.3 is 15.3 Å². The summed E-state index contributed by atoms with van der Waals surface area (Å²) in [6.07, 6.45) is 5.84. The van der Waals surface area contributed by atoms with Crippen molar-refractivity contribution in [1.29, 1.82) is 0 Å². The Morgan fingerprint density at radius 1 is 1.12 bits per heavy atom. The number of aromatic nitrogens is 1. The number of carbonyl (C=O) groups is 1. The van der Waals surface area contributed by atoms with Gasteiger partial charge in [0.15, 0.2) is 0 Å². The van der Waals surface area contributed by atoms with E-state index < -0.39 is 5.97 Å². The second kappa shape index (κ2) is 6.75. The number of carboxylic acid groups (broad SMARTS) is 1. The molecule has 2 heterocycles. The number of pyridine rings is 1. The van der Waals surface area contributed by atoms with Crippen LogP contribution in [0.4, 0.5) is 17.2 Å². The van der Waals surface area contributed by atoms with E-state index in [4.69, 9.17) is 10.1 Å². The maximum absolute atomic E-state index is 10.8. The molecule has 25 heavy (non-hydrogen) atoms. The normalized spacial score (nSPS) is 16.1. The largest absolute Gasteiger partial charge is 0.481 e. The molecule has 0 saturated carbocycles. The zero-order valence-corrected chi connectivity index (χ0v) is 14.3. The molecule has 2 aliphatic rings. The first-order chi connectivity index (χ1) is 12.2. The molecule has 1 aliphatic carbocycles. The molecular formula is C20H23N3O2. The van der Waals surface area contributed by atoms with E-state index in [1.807, 2.05) is 24.3 Å². The van der Waals surface area contributed by atoms with Crippen molar-refractivity contribution in [3.63, 3.8) is 0 Å². The zero-order chi connectivity index (χ0) is 17.2. The number of nitrogens with zero attached hydrogens (tertiary/aromatic N) is 2. The highest BCUT2D eigenvalue weighted by atomic mass is 16.4. The number of hydrogen-bond donors (Lipinski definition) is 2. The molecule has 1 aromatic carbocycles. The molecule has 0 amide bonds. The van der Waals surface area contributed by atoms with Gasteiger partial charge in [-0.05, 0) is 55.4 Å². The van der Waals surface area contributed by atoms with Crippen LogP contribution in [0.5, 0.6) is 0 Å². The average Bonchev–Trinajstić information content (AvgIpc) is 3.27. The number of benzene rings is 1. The van der Waals surface area contributed by atoms with E-state index in [9.17, 15) is 4.79 Å². The molecule has 1 aromatic heterocycles. The summed E-state index contributed by atoms with van der Waals surface area (Å²) in [6, 6.07) is 9.84. The van der Waals surface area contributed by atoms with Crippen LogP contribution in [0.1, 0.15) is 36.1 Å². The van der Waals surface area contributed by atoms with E-state index in [-0.39, 0.29) is 6.42 Å². The predicted octanol–water partition coefficient (Wildman–Crippen LogP) is 3.54. The highest BCUT2D eigenvalue weighted by Gasteiger charge is 2.21. The van der Waals surface area contributed by atoms with Crippen molar-refractivity contribution in [1.82, 2.24) is 4.98 Å². The van der Waals surface area contributed by atoms with Gasteiger partial charge in [-0.15, -0.1) is 0 Å². The Labute approximate surface area is 147 Å². The third-order valence-corrected chi connectivity index (χ3v) is 5.06. The van der Waals surface area contributed by atoms with E-state index in [0.717, 1.165) is 55.1 Å². The van der Waals surface area contributed by atoms with Crippen LogP contribution < -0.4 is 10.2 Å². The average molecular weight is 337 g/mol. The van der Waals surface area contributed by atoms with Gasteiger partial charge in [0.2, 0.25) is 0 Å². The van der Waals surface area contributed by atoms with Crippen molar-refractivity contribution >= 4 is 23.2 Å². The minimum atomic E-state index is -0.803. The Morgan fingerprint density at radius 2 is 1.88 bits per heavy atom. The zero-order valence-electron chi connectivity index (χ0n) is 14.3. The number of fused-ring (bicyclic) bond motifs is 1. The van der Waals surface area contributed by atoms with E-state index >= 15 is 0 Å². The second-order valence-corrected chi connectivity index (χ2v) is 6.89. The summed E-state index contributed by atoms with van der Waals surface area (Å²) < 4.78 is 0. The molecule has 4 rings (SSSR count). The number of rotatable bonds is 5. The van der Waals surface area contributed by atoms with Crippen LogP contribution in [-0.4, -0.2) is 29.1 Å². The number of aliphatic carboxylic acids is 1. The van der Waals surface area contributed by atoms with Crippen LogP contribution in [0, 0.1) is 0 Å². The Kier molecular flexibility index (Phi) is 4.30. The first-order valence-electron chi connectivity index (χ1n) is 9.04. The fraction of sp³-hybridized carbons (Fsp3) is 0.400. The van der Waals surface area contributed by atoms with Crippen molar-refractivity contribution in [3.8, 4) is 0 Å². The Bertz CT molecular complexity index is 780. The Hall–Kier alpha value is -2.56. The number of nitrogens with one attached hydrogen (secondary N) is 1. The van der Waals surface area contributed by atoms with Gasteiger partial charge in [-0.2, -0.15) is 0 Å². The molecule has 0 radical (unpaired) electrons. The highest BCUT2D eigenvalue weighted by molar-refractivity contribution is 5.72. The number of carboxylic acids is 1. The lowest BCUT2D eigenvalue weighted by molar-refractivity contribution is -0.136. The van der Waals surface area contributed by atoms with Crippen LogP contribution in [0.15, 0.2) is 30.3 Å². The van der Waals surface area contributed by atoms with E-state index in [1.54, 1.807) is 0 Å². The maximum Gasteiger partial charge on any atom is 0.307 e. The summed E-state index contributed by atoms with van der Waals surface area (Å²) >= 11 is 0. The summed E-state index contributed by atoms with van der Waals surface area (Å²) in [5.74, 6) is 0.283. The van der Waals surface area contributed by atoms with Gasteiger partial charge in [0.25, 0.3) is 0 Å². The lowest BCUT2D eigenvalue weighted by Gasteiger charge is -2.20. The predicted molar refractivity (Wildman–Crippen MR) is 98.8 cm³/mol. The van der Waals surface area contributed by atoms with Gasteiger partial charge in [-0.25, -0.2) is 4.98 Å². The van der Waals surface area contributed by atoms with Gasteiger partial charge in [0.05, 0.1) is 6.42 Å². The molecule has 0 bridgehead atoms. The molecule has 1 aliphatic heterocycles. The third-order valence-electron chi connectivity index (χ3n) is 5.06. The summed E-state index contributed by atoms with van der Waals surface area (Å²) in [7, 11) is 0. The van der Waals surface area contributed by atoms with Gasteiger partial charge in [-0.3, -0.25) is 4.79 Å². The molecule has 0 atom stereocenters. The van der Waals surface area contributed by atoms with Crippen molar-refractivity contribution in [2.75, 3.05) is 23.3 Å². The van der Waals surface area contributed by atoms with Crippen molar-refractivity contribution in [2.24, 2.45) is 0 Å². The van der Waals surface area contributed by atoms with E-state index in [2.05, 4.69) is 16.3 Å². The molecular weight excluding hydrogens is 314 g/mol. The molecule has 0 spiro atoms. The summed E-state index contributed by atoms with van der Waals surface area (Å²) in [5, 5.41) is 12.4. The smallest absolute Gasteiger partial charge is 0.307 e. The second-order valence-electron chi connectivity index (χ2n) is 6.89. The lowest BCUT2D eigenvalue weighted by Crippen LogP contribution is -2.19. The molecule has 1 saturated heterocycles. The summed E-state index contributed by atoms with van der Waals surface area (Å²) in [4.78, 5) is 18.1.